The number of likely N-dealkylation sites (tertiary alicyclic amines) is 1. The Hall–Kier alpha value is -4.35. The quantitative estimate of drug-likeness (QED) is 0.164. The molecule has 0 radical (unpaired) electrons. The predicted molar refractivity (Wildman–Crippen MR) is 151 cm³/mol. The molecular formula is C30H38N2O10. The molecule has 0 aliphatic carbocycles. The number of nitro groups is 1. The van der Waals surface area contributed by atoms with Gasteiger partial charge in [0, 0.05) is 24.1 Å². The monoisotopic (exact) mass is 586 g/mol. The van der Waals surface area contributed by atoms with Gasteiger partial charge in [-0.05, 0) is 77.8 Å². The van der Waals surface area contributed by atoms with Gasteiger partial charge in [-0.15, -0.1) is 0 Å². The van der Waals surface area contributed by atoms with Gasteiger partial charge in [-0.3, -0.25) is 14.9 Å². The molecule has 12 heteroatoms. The molecule has 3 rings (SSSR count). The number of amides is 1. The molecule has 0 aromatic heterocycles. The van der Waals surface area contributed by atoms with Crippen LogP contribution in [0.3, 0.4) is 0 Å². The molecule has 3 atom stereocenters. The molecule has 1 heterocycles. The van der Waals surface area contributed by atoms with Crippen molar-refractivity contribution < 1.29 is 43.0 Å². The van der Waals surface area contributed by atoms with E-state index in [0.717, 1.165) is 5.56 Å². The molecule has 12 nitrogen and oxygen atoms in total. The van der Waals surface area contributed by atoms with E-state index >= 15 is 0 Å². The third kappa shape index (κ3) is 9.35. The van der Waals surface area contributed by atoms with Crippen molar-refractivity contribution >= 4 is 23.9 Å². The number of esters is 1. The van der Waals surface area contributed by atoms with Crippen LogP contribution in [0, 0.1) is 16.0 Å². The number of carbonyl (C=O) groups is 3. The average Bonchev–Trinajstić information content (AvgIpc) is 3.18. The third-order valence-corrected chi connectivity index (χ3v) is 6.30. The number of methoxy groups -OCH3 is 1. The summed E-state index contributed by atoms with van der Waals surface area (Å²) in [7, 11) is 1.56. The van der Waals surface area contributed by atoms with Crippen molar-refractivity contribution in [1.82, 2.24) is 4.90 Å². The minimum absolute atomic E-state index is 0.0372. The summed E-state index contributed by atoms with van der Waals surface area (Å²) in [5, 5.41) is 11.0. The molecule has 42 heavy (non-hydrogen) atoms. The zero-order valence-corrected chi connectivity index (χ0v) is 24.9. The highest BCUT2D eigenvalue weighted by atomic mass is 16.7. The fourth-order valence-electron chi connectivity index (χ4n) is 4.53. The minimum atomic E-state index is -0.935. The molecule has 0 saturated carbocycles. The van der Waals surface area contributed by atoms with Crippen LogP contribution in [0.2, 0.25) is 0 Å². The first-order valence-electron chi connectivity index (χ1n) is 13.5. The third-order valence-electron chi connectivity index (χ3n) is 6.30. The van der Waals surface area contributed by atoms with Crippen LogP contribution in [-0.4, -0.2) is 65.0 Å². The van der Waals surface area contributed by atoms with Crippen LogP contribution in [0.1, 0.15) is 53.5 Å². The van der Waals surface area contributed by atoms with Crippen LogP contribution in [0.5, 0.6) is 11.5 Å². The van der Waals surface area contributed by atoms with E-state index in [-0.39, 0.29) is 24.4 Å². The second-order valence-electron chi connectivity index (χ2n) is 12.0. The summed E-state index contributed by atoms with van der Waals surface area (Å²) in [6, 6.07) is 11.7. The molecule has 0 spiro atoms. The number of nitrogens with zero attached hydrogens (tertiary/aromatic N) is 2. The number of benzene rings is 2. The lowest BCUT2D eigenvalue weighted by Crippen LogP contribution is -2.43. The Morgan fingerprint density at radius 1 is 0.905 bits per heavy atom. The number of carbonyl (C=O) groups excluding carboxylic acids is 3. The lowest BCUT2D eigenvalue weighted by Gasteiger charge is -2.30. The van der Waals surface area contributed by atoms with E-state index in [4.69, 9.17) is 23.7 Å². The maximum absolute atomic E-state index is 13.4. The Labute approximate surface area is 245 Å². The first-order chi connectivity index (χ1) is 19.5. The Morgan fingerprint density at radius 2 is 1.48 bits per heavy atom. The standard InChI is InChI=1S/C30H38N2O10/c1-29(2,3)41-27(34)31-18-25(40-28(35)42-30(4,5)6)23(24(31)16-19-8-12-21(38-7)13-9-19)17-26(33)39-22-14-10-20(11-15-22)32(36)37/h8-15,23-25H,16-18H2,1-7H3/t23-,24+,25-/m0/s1. The zero-order chi connectivity index (χ0) is 31.2. The van der Waals surface area contributed by atoms with Crippen molar-refractivity contribution in [2.45, 2.75) is 77.7 Å². The smallest absolute Gasteiger partial charge is 0.497 e. The average molecular weight is 587 g/mol. The molecule has 1 amide bonds. The van der Waals surface area contributed by atoms with E-state index in [0.29, 0.717) is 12.2 Å². The second-order valence-corrected chi connectivity index (χ2v) is 12.0. The highest BCUT2D eigenvalue weighted by Gasteiger charge is 2.48. The molecule has 0 unspecified atom stereocenters. The van der Waals surface area contributed by atoms with Crippen molar-refractivity contribution in [2.24, 2.45) is 5.92 Å². The summed E-state index contributed by atoms with van der Waals surface area (Å²) >= 11 is 0. The van der Waals surface area contributed by atoms with Gasteiger partial charge in [0.2, 0.25) is 0 Å². The molecule has 1 fully saturated rings. The van der Waals surface area contributed by atoms with Gasteiger partial charge in [-0.1, -0.05) is 12.1 Å². The van der Waals surface area contributed by atoms with Crippen LogP contribution in [-0.2, 0) is 25.4 Å². The predicted octanol–water partition coefficient (Wildman–Crippen LogP) is 5.70. The molecule has 1 aliphatic heterocycles. The summed E-state index contributed by atoms with van der Waals surface area (Å²) in [6.07, 6.45) is -2.39. The van der Waals surface area contributed by atoms with Crippen molar-refractivity contribution in [1.29, 1.82) is 0 Å². The van der Waals surface area contributed by atoms with E-state index in [1.807, 2.05) is 12.1 Å². The summed E-state index contributed by atoms with van der Waals surface area (Å²) in [4.78, 5) is 51.1. The number of ether oxygens (including phenoxy) is 5. The lowest BCUT2D eigenvalue weighted by atomic mass is 9.90. The molecule has 1 aliphatic rings. The number of nitro benzene ring substituents is 1. The SMILES string of the molecule is COc1ccc(C[C@@H]2[C@H](CC(=O)Oc3ccc([N+](=O)[O-])cc3)[C@@H](OC(=O)OC(C)(C)C)CN2C(=O)OC(C)(C)C)cc1. The van der Waals surface area contributed by atoms with Gasteiger partial charge < -0.3 is 28.6 Å². The molecule has 0 bridgehead atoms. The van der Waals surface area contributed by atoms with E-state index in [1.54, 1.807) is 60.8 Å². The van der Waals surface area contributed by atoms with E-state index in [9.17, 15) is 24.5 Å². The van der Waals surface area contributed by atoms with Gasteiger partial charge >= 0.3 is 18.2 Å². The first kappa shape index (κ1) is 32.2. The normalized spacial score (nSPS) is 18.6. The van der Waals surface area contributed by atoms with Gasteiger partial charge in [-0.2, -0.15) is 0 Å². The fourth-order valence-corrected chi connectivity index (χ4v) is 4.53. The minimum Gasteiger partial charge on any atom is -0.497 e. The maximum Gasteiger partial charge on any atom is 0.509 e. The number of non-ortho nitro benzene ring substituents is 1. The second kappa shape index (κ2) is 13.1. The fraction of sp³-hybridized carbons (Fsp3) is 0.500. The van der Waals surface area contributed by atoms with Gasteiger partial charge in [0.05, 0.1) is 25.0 Å². The Kier molecular flexibility index (Phi) is 10.0. The topological polar surface area (TPSA) is 144 Å². The van der Waals surface area contributed by atoms with Crippen LogP contribution in [0.4, 0.5) is 15.3 Å². The molecule has 228 valence electrons. The van der Waals surface area contributed by atoms with Crippen LogP contribution >= 0.6 is 0 Å². The van der Waals surface area contributed by atoms with Crippen LogP contribution in [0.15, 0.2) is 48.5 Å². The van der Waals surface area contributed by atoms with E-state index in [1.165, 1.54) is 29.2 Å². The molecule has 2 aromatic carbocycles. The van der Waals surface area contributed by atoms with Crippen molar-refractivity contribution in [3.8, 4) is 11.5 Å². The van der Waals surface area contributed by atoms with Crippen LogP contribution < -0.4 is 9.47 Å². The lowest BCUT2D eigenvalue weighted by molar-refractivity contribution is -0.384. The first-order valence-corrected chi connectivity index (χ1v) is 13.5. The summed E-state index contributed by atoms with van der Waals surface area (Å²) in [5.41, 5.74) is -0.922. The van der Waals surface area contributed by atoms with E-state index < -0.39 is 52.4 Å². The number of hydrogen-bond acceptors (Lipinski definition) is 10. The Morgan fingerprint density at radius 3 is 2.00 bits per heavy atom. The molecule has 1 saturated heterocycles. The van der Waals surface area contributed by atoms with Gasteiger partial charge in [-0.25, -0.2) is 9.59 Å². The maximum atomic E-state index is 13.4. The van der Waals surface area contributed by atoms with Crippen molar-refractivity contribution in [3.63, 3.8) is 0 Å². The summed E-state index contributed by atoms with van der Waals surface area (Å²) in [6.45, 7) is 10.3. The largest absolute Gasteiger partial charge is 0.509 e. The van der Waals surface area contributed by atoms with Gasteiger partial charge in [0.1, 0.15) is 28.8 Å². The molecular weight excluding hydrogens is 548 g/mol. The Balaban J connectivity index is 1.93. The Bertz CT molecular complexity index is 1260. The van der Waals surface area contributed by atoms with Gasteiger partial charge in [0.15, 0.2) is 0 Å². The molecule has 0 N–H and O–H groups in total. The number of rotatable bonds is 8. The van der Waals surface area contributed by atoms with Crippen molar-refractivity contribution in [2.75, 3.05) is 13.7 Å². The highest BCUT2D eigenvalue weighted by Crippen LogP contribution is 2.35. The van der Waals surface area contributed by atoms with Crippen LogP contribution in [0.25, 0.3) is 0 Å². The summed E-state index contributed by atoms with van der Waals surface area (Å²) < 4.78 is 27.4. The number of hydrogen-bond donors (Lipinski definition) is 0. The van der Waals surface area contributed by atoms with Crippen molar-refractivity contribution in [3.05, 3.63) is 64.2 Å². The summed E-state index contributed by atoms with van der Waals surface area (Å²) in [5.74, 6) is -0.595. The van der Waals surface area contributed by atoms with E-state index in [2.05, 4.69) is 0 Å². The highest BCUT2D eigenvalue weighted by molar-refractivity contribution is 5.74. The zero-order valence-electron chi connectivity index (χ0n) is 24.9. The van der Waals surface area contributed by atoms with Gasteiger partial charge in [0.25, 0.3) is 5.69 Å². The molecule has 2 aromatic rings.